The van der Waals surface area contributed by atoms with Gasteiger partial charge in [-0.3, -0.25) is 0 Å². The van der Waals surface area contributed by atoms with Gasteiger partial charge in [-0.05, 0) is 33.8 Å². The van der Waals surface area contributed by atoms with Crippen LogP contribution in [0.1, 0.15) is 23.2 Å². The summed E-state index contributed by atoms with van der Waals surface area (Å²) in [5.74, 6) is 0.787. The summed E-state index contributed by atoms with van der Waals surface area (Å²) in [7, 11) is 4.14. The monoisotopic (exact) mass is 290 g/mol. The lowest BCUT2D eigenvalue weighted by molar-refractivity contribution is 0.916. The van der Waals surface area contributed by atoms with E-state index in [9.17, 15) is 0 Å². The van der Waals surface area contributed by atoms with E-state index in [0.717, 1.165) is 23.9 Å². The lowest BCUT2D eigenvalue weighted by atomic mass is 10.3. The normalized spacial score (nSPS) is 10.7. The minimum Gasteiger partial charge on any atom is -0.375 e. The molecule has 0 aliphatic heterocycles. The molecule has 0 saturated heterocycles. The average molecular weight is 290 g/mol. The minimum absolute atomic E-state index is 0.787. The summed E-state index contributed by atoms with van der Waals surface area (Å²) in [6.07, 6.45) is 0. The molecular weight excluding hydrogens is 268 g/mol. The third-order valence-electron chi connectivity index (χ3n) is 3.20. The summed E-state index contributed by atoms with van der Waals surface area (Å²) in [5.41, 5.74) is 4.44. The SMILES string of the molecule is CCN(c1nc(C)cc(C)n1)c1c(N(C)C)csc1C. The molecule has 0 aliphatic carbocycles. The van der Waals surface area contributed by atoms with Crippen LogP contribution < -0.4 is 9.80 Å². The van der Waals surface area contributed by atoms with Gasteiger partial charge in [-0.15, -0.1) is 11.3 Å². The first-order valence-corrected chi connectivity index (χ1v) is 7.67. The second-order valence-electron chi connectivity index (χ2n) is 5.12. The second-order valence-corrected chi connectivity index (χ2v) is 6.20. The van der Waals surface area contributed by atoms with E-state index in [-0.39, 0.29) is 0 Å². The van der Waals surface area contributed by atoms with Crippen LogP contribution in [0.5, 0.6) is 0 Å². The van der Waals surface area contributed by atoms with E-state index in [2.05, 4.69) is 53.1 Å². The van der Waals surface area contributed by atoms with E-state index in [1.807, 2.05) is 19.9 Å². The fourth-order valence-electron chi connectivity index (χ4n) is 2.31. The van der Waals surface area contributed by atoms with Gasteiger partial charge in [0.05, 0.1) is 11.4 Å². The predicted molar refractivity (Wildman–Crippen MR) is 87.6 cm³/mol. The zero-order chi connectivity index (χ0) is 14.9. The van der Waals surface area contributed by atoms with Crippen molar-refractivity contribution in [1.29, 1.82) is 0 Å². The molecule has 0 N–H and O–H groups in total. The molecule has 0 saturated carbocycles. The summed E-state index contributed by atoms with van der Waals surface area (Å²) in [4.78, 5) is 14.8. The van der Waals surface area contributed by atoms with E-state index in [1.54, 1.807) is 11.3 Å². The van der Waals surface area contributed by atoms with Crippen LogP contribution in [0.15, 0.2) is 11.4 Å². The maximum absolute atomic E-state index is 4.60. The number of aryl methyl sites for hydroxylation is 3. The van der Waals surface area contributed by atoms with Crippen LogP contribution in [0.3, 0.4) is 0 Å². The maximum Gasteiger partial charge on any atom is 0.230 e. The standard InChI is InChI=1S/C15H22N4S/c1-7-19(15-16-10(2)8-11(3)17-15)14-12(4)20-9-13(14)18(5)6/h8-9H,7H2,1-6H3. The second kappa shape index (κ2) is 5.79. The molecule has 0 amide bonds. The zero-order valence-corrected chi connectivity index (χ0v) is 13.9. The Hall–Kier alpha value is -1.62. The van der Waals surface area contributed by atoms with Crippen molar-refractivity contribution in [3.8, 4) is 0 Å². The Morgan fingerprint density at radius 2 is 1.70 bits per heavy atom. The van der Waals surface area contributed by atoms with Gasteiger partial charge in [-0.25, -0.2) is 9.97 Å². The van der Waals surface area contributed by atoms with Crippen LogP contribution in [0.25, 0.3) is 0 Å². The number of rotatable bonds is 4. The first-order valence-electron chi connectivity index (χ1n) is 6.79. The molecule has 20 heavy (non-hydrogen) atoms. The number of hydrogen-bond acceptors (Lipinski definition) is 5. The largest absolute Gasteiger partial charge is 0.375 e. The highest BCUT2D eigenvalue weighted by atomic mass is 32.1. The van der Waals surface area contributed by atoms with Gasteiger partial charge in [-0.2, -0.15) is 0 Å². The van der Waals surface area contributed by atoms with Crippen LogP contribution in [-0.2, 0) is 0 Å². The Morgan fingerprint density at radius 1 is 1.10 bits per heavy atom. The van der Waals surface area contributed by atoms with Gasteiger partial charge in [0.1, 0.15) is 0 Å². The highest BCUT2D eigenvalue weighted by molar-refractivity contribution is 7.11. The number of anilines is 3. The summed E-state index contributed by atoms with van der Waals surface area (Å²) in [6, 6.07) is 2.00. The van der Waals surface area contributed by atoms with Gasteiger partial charge < -0.3 is 9.80 Å². The summed E-state index contributed by atoms with van der Waals surface area (Å²) in [5, 5.41) is 2.19. The first kappa shape index (κ1) is 14.8. The molecule has 0 atom stereocenters. The molecular formula is C15H22N4S. The molecule has 0 fully saturated rings. The van der Waals surface area contributed by atoms with Crippen molar-refractivity contribution in [1.82, 2.24) is 9.97 Å². The van der Waals surface area contributed by atoms with Crippen molar-refractivity contribution >= 4 is 28.7 Å². The van der Waals surface area contributed by atoms with E-state index in [4.69, 9.17) is 0 Å². The molecule has 0 unspecified atom stereocenters. The summed E-state index contributed by atoms with van der Waals surface area (Å²) >= 11 is 1.77. The maximum atomic E-state index is 4.60. The molecule has 0 spiro atoms. The molecule has 0 radical (unpaired) electrons. The number of aromatic nitrogens is 2. The van der Waals surface area contributed by atoms with Crippen molar-refractivity contribution < 1.29 is 0 Å². The Labute approximate surface area is 125 Å². The molecule has 2 aromatic heterocycles. The van der Waals surface area contributed by atoms with Crippen LogP contribution in [0, 0.1) is 20.8 Å². The molecule has 2 rings (SSSR count). The van der Waals surface area contributed by atoms with Gasteiger partial charge >= 0.3 is 0 Å². The fourth-order valence-corrected chi connectivity index (χ4v) is 3.25. The summed E-state index contributed by atoms with van der Waals surface area (Å²) in [6.45, 7) is 9.16. The quantitative estimate of drug-likeness (QED) is 0.859. The lowest BCUT2D eigenvalue weighted by Crippen LogP contribution is -2.22. The third-order valence-corrected chi connectivity index (χ3v) is 4.09. The highest BCUT2D eigenvalue weighted by Gasteiger charge is 2.20. The van der Waals surface area contributed by atoms with Gasteiger partial charge in [0, 0.05) is 42.3 Å². The van der Waals surface area contributed by atoms with E-state index < -0.39 is 0 Å². The first-order chi connectivity index (χ1) is 9.43. The molecule has 4 nitrogen and oxygen atoms in total. The van der Waals surface area contributed by atoms with Crippen molar-refractivity contribution in [3.05, 3.63) is 27.7 Å². The van der Waals surface area contributed by atoms with Gasteiger partial charge in [0.25, 0.3) is 0 Å². The van der Waals surface area contributed by atoms with Gasteiger partial charge in [0.2, 0.25) is 5.95 Å². The number of nitrogens with zero attached hydrogens (tertiary/aromatic N) is 4. The minimum atomic E-state index is 0.787. The molecule has 0 aliphatic rings. The molecule has 108 valence electrons. The smallest absolute Gasteiger partial charge is 0.230 e. The Bertz CT molecular complexity index is 584. The Balaban J connectivity index is 2.55. The number of thiophene rings is 1. The topological polar surface area (TPSA) is 32.3 Å². The lowest BCUT2D eigenvalue weighted by Gasteiger charge is -2.25. The van der Waals surface area contributed by atoms with Gasteiger partial charge in [0.15, 0.2) is 0 Å². The highest BCUT2D eigenvalue weighted by Crippen LogP contribution is 2.39. The van der Waals surface area contributed by atoms with E-state index in [0.29, 0.717) is 0 Å². The van der Waals surface area contributed by atoms with Crippen LogP contribution in [0.4, 0.5) is 17.3 Å². The van der Waals surface area contributed by atoms with Crippen molar-refractivity contribution in [2.24, 2.45) is 0 Å². The fraction of sp³-hybridized carbons (Fsp3) is 0.467. The molecule has 2 heterocycles. The third kappa shape index (κ3) is 2.77. The van der Waals surface area contributed by atoms with Crippen LogP contribution >= 0.6 is 11.3 Å². The zero-order valence-electron chi connectivity index (χ0n) is 13.1. The van der Waals surface area contributed by atoms with Crippen LogP contribution in [0.2, 0.25) is 0 Å². The van der Waals surface area contributed by atoms with Crippen LogP contribution in [-0.4, -0.2) is 30.6 Å². The van der Waals surface area contributed by atoms with Crippen molar-refractivity contribution in [2.45, 2.75) is 27.7 Å². The molecule has 0 aromatic carbocycles. The average Bonchev–Trinajstić information content (AvgIpc) is 2.72. The Kier molecular flexibility index (Phi) is 4.28. The van der Waals surface area contributed by atoms with E-state index in [1.165, 1.54) is 16.3 Å². The van der Waals surface area contributed by atoms with Gasteiger partial charge in [-0.1, -0.05) is 0 Å². The molecule has 0 bridgehead atoms. The molecule has 2 aromatic rings. The molecule has 5 heteroatoms. The van der Waals surface area contributed by atoms with E-state index >= 15 is 0 Å². The van der Waals surface area contributed by atoms with Crippen molar-refractivity contribution in [2.75, 3.05) is 30.4 Å². The number of hydrogen-bond donors (Lipinski definition) is 0. The Morgan fingerprint density at radius 3 is 2.20 bits per heavy atom. The van der Waals surface area contributed by atoms with Crippen molar-refractivity contribution in [3.63, 3.8) is 0 Å². The predicted octanol–water partition coefficient (Wildman–Crippen LogP) is 3.69. The summed E-state index contributed by atoms with van der Waals surface area (Å²) < 4.78 is 0.